The number of carbonyl (C=O) groups is 2. The number of thiophene rings is 1. The maximum Gasteiger partial charge on any atom is 0.222 e. The van der Waals surface area contributed by atoms with Crippen LogP contribution in [0.15, 0.2) is 47.8 Å². The van der Waals surface area contributed by atoms with E-state index in [1.165, 1.54) is 12.6 Å². The summed E-state index contributed by atoms with van der Waals surface area (Å²) in [6.07, 6.45) is 1.35. The second kappa shape index (κ2) is 8.85. The number of benzene rings is 1. The SMILES string of the molecule is CC(=O)N[C@H](CC(=O)NC[C@H]1CCN(c2ccccc2)C1)c1cccs1. The molecule has 1 aromatic heterocycles. The fourth-order valence-electron chi connectivity index (χ4n) is 3.35. The molecule has 1 fully saturated rings. The maximum atomic E-state index is 12.4. The molecule has 0 unspecified atom stereocenters. The van der Waals surface area contributed by atoms with Crippen LogP contribution in [0.1, 0.15) is 30.7 Å². The molecule has 0 saturated carbocycles. The molecule has 2 amide bonds. The van der Waals surface area contributed by atoms with Crippen molar-refractivity contribution in [1.82, 2.24) is 10.6 Å². The summed E-state index contributed by atoms with van der Waals surface area (Å²) in [5.74, 6) is 0.320. The molecule has 1 saturated heterocycles. The van der Waals surface area contributed by atoms with Crippen LogP contribution in [-0.4, -0.2) is 31.4 Å². The molecular formula is C20H25N3O2S. The average molecular weight is 372 g/mol. The van der Waals surface area contributed by atoms with Crippen molar-refractivity contribution in [1.29, 1.82) is 0 Å². The van der Waals surface area contributed by atoms with Crippen molar-refractivity contribution < 1.29 is 9.59 Å². The standard InChI is InChI=1S/C20H25N3O2S/c1-15(24)22-18(19-8-5-11-26-19)12-20(25)21-13-16-9-10-23(14-16)17-6-3-2-4-7-17/h2-8,11,16,18H,9-10,12-14H2,1H3,(H,21,25)(H,22,24)/t16-,18-/m1/s1. The van der Waals surface area contributed by atoms with Crippen LogP contribution in [0.4, 0.5) is 5.69 Å². The van der Waals surface area contributed by atoms with Gasteiger partial charge in [0.2, 0.25) is 11.8 Å². The second-order valence-corrected chi connectivity index (χ2v) is 7.69. The quantitative estimate of drug-likeness (QED) is 0.787. The molecule has 0 aliphatic carbocycles. The van der Waals surface area contributed by atoms with Crippen LogP contribution in [0.2, 0.25) is 0 Å². The predicted molar refractivity (Wildman–Crippen MR) is 105 cm³/mol. The number of para-hydroxylation sites is 1. The highest BCUT2D eigenvalue weighted by Gasteiger charge is 2.24. The molecule has 6 heteroatoms. The van der Waals surface area contributed by atoms with Crippen LogP contribution in [-0.2, 0) is 9.59 Å². The minimum Gasteiger partial charge on any atom is -0.371 e. The molecule has 1 aromatic carbocycles. The lowest BCUT2D eigenvalue weighted by Gasteiger charge is -2.19. The van der Waals surface area contributed by atoms with Gasteiger partial charge < -0.3 is 15.5 Å². The van der Waals surface area contributed by atoms with E-state index in [1.807, 2.05) is 23.6 Å². The zero-order valence-electron chi connectivity index (χ0n) is 15.0. The predicted octanol–water partition coefficient (Wildman–Crippen LogP) is 2.96. The van der Waals surface area contributed by atoms with Gasteiger partial charge in [0.15, 0.2) is 0 Å². The monoisotopic (exact) mass is 371 g/mol. The van der Waals surface area contributed by atoms with Gasteiger partial charge in [0.05, 0.1) is 12.5 Å². The first-order chi connectivity index (χ1) is 12.6. The van der Waals surface area contributed by atoms with Gasteiger partial charge in [-0.05, 0) is 35.9 Å². The molecule has 2 atom stereocenters. The Hall–Kier alpha value is -2.34. The highest BCUT2D eigenvalue weighted by atomic mass is 32.1. The smallest absolute Gasteiger partial charge is 0.222 e. The summed E-state index contributed by atoms with van der Waals surface area (Å²) in [6, 6.07) is 14.0. The van der Waals surface area contributed by atoms with Crippen LogP contribution in [0.25, 0.3) is 0 Å². The summed E-state index contributed by atoms with van der Waals surface area (Å²) in [5, 5.41) is 7.88. The lowest BCUT2D eigenvalue weighted by Crippen LogP contribution is -2.35. The van der Waals surface area contributed by atoms with Gasteiger partial charge in [-0.25, -0.2) is 0 Å². The number of rotatable bonds is 7. The Bertz CT molecular complexity index is 718. The largest absolute Gasteiger partial charge is 0.371 e. The van der Waals surface area contributed by atoms with Crippen molar-refractivity contribution in [2.24, 2.45) is 5.92 Å². The Labute approximate surface area is 158 Å². The van der Waals surface area contributed by atoms with Crippen molar-refractivity contribution in [3.63, 3.8) is 0 Å². The molecule has 1 aliphatic rings. The molecule has 1 aliphatic heterocycles. The van der Waals surface area contributed by atoms with Crippen molar-refractivity contribution in [3.05, 3.63) is 52.7 Å². The van der Waals surface area contributed by atoms with Gasteiger partial charge in [-0.15, -0.1) is 11.3 Å². The molecule has 2 aromatic rings. The van der Waals surface area contributed by atoms with Gasteiger partial charge in [0.1, 0.15) is 0 Å². The lowest BCUT2D eigenvalue weighted by atomic mass is 10.1. The van der Waals surface area contributed by atoms with Crippen LogP contribution in [0.5, 0.6) is 0 Å². The molecule has 0 radical (unpaired) electrons. The second-order valence-electron chi connectivity index (χ2n) is 6.71. The van der Waals surface area contributed by atoms with Crippen molar-refractivity contribution >= 4 is 28.8 Å². The van der Waals surface area contributed by atoms with Crippen molar-refractivity contribution in [2.75, 3.05) is 24.5 Å². The number of nitrogens with zero attached hydrogens (tertiary/aromatic N) is 1. The van der Waals surface area contributed by atoms with Gasteiger partial charge in [-0.1, -0.05) is 24.3 Å². The first kappa shape index (κ1) is 18.5. The Morgan fingerprint density at radius 3 is 2.73 bits per heavy atom. The molecule has 138 valence electrons. The Morgan fingerprint density at radius 2 is 2.04 bits per heavy atom. The third-order valence-corrected chi connectivity index (χ3v) is 5.63. The van der Waals surface area contributed by atoms with Crippen LogP contribution in [0, 0.1) is 5.92 Å². The molecular weight excluding hydrogens is 346 g/mol. The van der Waals surface area contributed by atoms with E-state index >= 15 is 0 Å². The fourth-order valence-corrected chi connectivity index (χ4v) is 4.12. The molecule has 3 rings (SSSR count). The highest BCUT2D eigenvalue weighted by molar-refractivity contribution is 7.10. The summed E-state index contributed by atoms with van der Waals surface area (Å²) in [5.41, 5.74) is 1.24. The van der Waals surface area contributed by atoms with Gasteiger partial charge in [0, 0.05) is 37.1 Å². The van der Waals surface area contributed by atoms with Crippen LogP contribution < -0.4 is 15.5 Å². The maximum absolute atomic E-state index is 12.4. The average Bonchev–Trinajstić information content (AvgIpc) is 3.32. The van der Waals surface area contributed by atoms with E-state index in [-0.39, 0.29) is 24.3 Å². The number of nitrogens with one attached hydrogen (secondary N) is 2. The van der Waals surface area contributed by atoms with E-state index in [0.717, 1.165) is 24.4 Å². The number of anilines is 1. The summed E-state index contributed by atoms with van der Waals surface area (Å²) < 4.78 is 0. The first-order valence-electron chi connectivity index (χ1n) is 8.99. The van der Waals surface area contributed by atoms with E-state index in [0.29, 0.717) is 12.5 Å². The minimum absolute atomic E-state index is 0.0182. The summed E-state index contributed by atoms with van der Waals surface area (Å²) in [7, 11) is 0. The Balaban J connectivity index is 1.47. The fraction of sp³-hybridized carbons (Fsp3) is 0.400. The van der Waals surface area contributed by atoms with E-state index in [4.69, 9.17) is 0 Å². The Morgan fingerprint density at radius 1 is 1.23 bits per heavy atom. The Kier molecular flexibility index (Phi) is 6.28. The molecule has 2 N–H and O–H groups in total. The summed E-state index contributed by atoms with van der Waals surface area (Å²) in [4.78, 5) is 27.2. The summed E-state index contributed by atoms with van der Waals surface area (Å²) in [6.45, 7) is 4.15. The van der Waals surface area contributed by atoms with Crippen molar-refractivity contribution in [3.8, 4) is 0 Å². The summed E-state index contributed by atoms with van der Waals surface area (Å²) >= 11 is 1.55. The number of amides is 2. The van der Waals surface area contributed by atoms with E-state index in [1.54, 1.807) is 11.3 Å². The van der Waals surface area contributed by atoms with E-state index in [9.17, 15) is 9.59 Å². The molecule has 0 spiro atoms. The van der Waals surface area contributed by atoms with Gasteiger partial charge in [-0.3, -0.25) is 9.59 Å². The van der Waals surface area contributed by atoms with Crippen molar-refractivity contribution in [2.45, 2.75) is 25.8 Å². The van der Waals surface area contributed by atoms with E-state index < -0.39 is 0 Å². The molecule has 2 heterocycles. The van der Waals surface area contributed by atoms with Gasteiger partial charge in [-0.2, -0.15) is 0 Å². The van der Waals surface area contributed by atoms with Gasteiger partial charge in [0.25, 0.3) is 0 Å². The zero-order chi connectivity index (χ0) is 18.4. The molecule has 5 nitrogen and oxygen atoms in total. The zero-order valence-corrected chi connectivity index (χ0v) is 15.8. The minimum atomic E-state index is -0.253. The topological polar surface area (TPSA) is 61.4 Å². The molecule has 0 bridgehead atoms. The van der Waals surface area contributed by atoms with Gasteiger partial charge >= 0.3 is 0 Å². The van der Waals surface area contributed by atoms with E-state index in [2.05, 4.69) is 39.8 Å². The van der Waals surface area contributed by atoms with Crippen LogP contribution in [0.3, 0.4) is 0 Å². The van der Waals surface area contributed by atoms with Crippen LogP contribution >= 0.6 is 11.3 Å². The number of carbonyl (C=O) groups excluding carboxylic acids is 2. The first-order valence-corrected chi connectivity index (χ1v) is 9.87. The normalized spacial score (nSPS) is 17.7. The number of hydrogen-bond acceptors (Lipinski definition) is 4. The third-order valence-electron chi connectivity index (χ3n) is 4.65. The highest BCUT2D eigenvalue weighted by Crippen LogP contribution is 2.24. The number of hydrogen-bond donors (Lipinski definition) is 2. The lowest BCUT2D eigenvalue weighted by molar-refractivity contribution is -0.122. The third kappa shape index (κ3) is 5.08. The molecule has 26 heavy (non-hydrogen) atoms.